The lowest BCUT2D eigenvalue weighted by Gasteiger charge is -2.11. The summed E-state index contributed by atoms with van der Waals surface area (Å²) in [5.41, 5.74) is 1.88. The number of carbonyl (C=O) groups excluding carboxylic acids is 1. The zero-order chi connectivity index (χ0) is 22.5. The van der Waals surface area contributed by atoms with Crippen LogP contribution < -0.4 is 14.8 Å². The molecule has 0 radical (unpaired) electrons. The van der Waals surface area contributed by atoms with Gasteiger partial charge in [0, 0.05) is 11.6 Å². The van der Waals surface area contributed by atoms with Gasteiger partial charge in [-0.25, -0.2) is 19.0 Å². The normalized spacial score (nSPS) is 10.8. The van der Waals surface area contributed by atoms with Gasteiger partial charge in [0.25, 0.3) is 0 Å². The molecule has 2 aromatic carbocycles. The molecule has 0 atom stereocenters. The zero-order valence-electron chi connectivity index (χ0n) is 17.3. The first-order valence-corrected chi connectivity index (χ1v) is 10.5. The second-order valence-electron chi connectivity index (χ2n) is 6.59. The fraction of sp³-hybridized carbons (Fsp3) is 0.190. The molecule has 0 spiro atoms. The summed E-state index contributed by atoms with van der Waals surface area (Å²) in [5.74, 6) is 0.603. The van der Waals surface area contributed by atoms with Crippen LogP contribution in [-0.2, 0) is 11.3 Å². The Balaban J connectivity index is 1.48. The van der Waals surface area contributed by atoms with Gasteiger partial charge in [0.05, 0.1) is 32.2 Å². The number of rotatable bonds is 8. The average Bonchev–Trinajstić information content (AvgIpc) is 3.22. The number of anilines is 1. The summed E-state index contributed by atoms with van der Waals surface area (Å²) < 4.78 is 26.0. The highest BCUT2D eigenvalue weighted by atomic mass is 32.2. The van der Waals surface area contributed by atoms with Crippen LogP contribution in [0.25, 0.3) is 11.2 Å². The van der Waals surface area contributed by atoms with Gasteiger partial charge >= 0.3 is 0 Å². The minimum atomic E-state index is -0.329. The van der Waals surface area contributed by atoms with Crippen LogP contribution in [0, 0.1) is 5.82 Å². The largest absolute Gasteiger partial charge is 0.497 e. The van der Waals surface area contributed by atoms with Gasteiger partial charge in [0.15, 0.2) is 11.2 Å². The third kappa shape index (κ3) is 4.62. The molecule has 9 nitrogen and oxygen atoms in total. The first-order chi connectivity index (χ1) is 15.6. The molecule has 0 bridgehead atoms. The first kappa shape index (κ1) is 21.5. The number of hydrogen-bond donors (Lipinski definition) is 1. The molecule has 0 saturated carbocycles. The quantitative estimate of drug-likeness (QED) is 0.320. The molecule has 32 heavy (non-hydrogen) atoms. The first-order valence-electron chi connectivity index (χ1n) is 9.51. The average molecular weight is 454 g/mol. The van der Waals surface area contributed by atoms with Crippen LogP contribution in [-0.4, -0.2) is 50.8 Å². The number of hydrogen-bond acceptors (Lipinski definition) is 8. The summed E-state index contributed by atoms with van der Waals surface area (Å²) in [6.07, 6.45) is 1.37. The lowest BCUT2D eigenvalue weighted by atomic mass is 10.2. The van der Waals surface area contributed by atoms with Gasteiger partial charge in [-0.15, -0.1) is 5.10 Å². The fourth-order valence-electron chi connectivity index (χ4n) is 3.00. The van der Waals surface area contributed by atoms with E-state index in [9.17, 15) is 9.18 Å². The molecule has 4 rings (SSSR count). The van der Waals surface area contributed by atoms with Crippen LogP contribution in [0.5, 0.6) is 11.5 Å². The molecule has 0 aliphatic heterocycles. The summed E-state index contributed by atoms with van der Waals surface area (Å²) in [6.45, 7) is 0.181. The second-order valence-corrected chi connectivity index (χ2v) is 7.56. The fourth-order valence-corrected chi connectivity index (χ4v) is 3.73. The van der Waals surface area contributed by atoms with E-state index in [0.29, 0.717) is 38.9 Å². The summed E-state index contributed by atoms with van der Waals surface area (Å²) in [4.78, 5) is 21.0. The van der Waals surface area contributed by atoms with Crippen molar-refractivity contribution in [2.75, 3.05) is 25.3 Å². The van der Waals surface area contributed by atoms with Gasteiger partial charge in [0.1, 0.15) is 28.7 Å². The van der Waals surface area contributed by atoms with Gasteiger partial charge in [-0.05, 0) is 18.2 Å². The van der Waals surface area contributed by atoms with Crippen molar-refractivity contribution in [2.24, 2.45) is 0 Å². The molecule has 11 heteroatoms. The molecule has 0 unspecified atom stereocenters. The molecule has 1 N–H and O–H groups in total. The summed E-state index contributed by atoms with van der Waals surface area (Å²) >= 11 is 1.20. The van der Waals surface area contributed by atoms with E-state index in [0.717, 1.165) is 0 Å². The third-order valence-corrected chi connectivity index (χ3v) is 5.54. The highest BCUT2D eigenvalue weighted by Gasteiger charge is 2.16. The summed E-state index contributed by atoms with van der Waals surface area (Å²) in [5, 5.41) is 11.5. The predicted octanol–water partition coefficient (Wildman–Crippen LogP) is 3.16. The maximum Gasteiger partial charge on any atom is 0.234 e. The van der Waals surface area contributed by atoms with Crippen molar-refractivity contribution in [1.82, 2.24) is 25.0 Å². The van der Waals surface area contributed by atoms with Crippen molar-refractivity contribution < 1.29 is 18.7 Å². The highest BCUT2D eigenvalue weighted by molar-refractivity contribution is 8.00. The van der Waals surface area contributed by atoms with E-state index < -0.39 is 0 Å². The zero-order valence-corrected chi connectivity index (χ0v) is 18.1. The molecule has 0 fully saturated rings. The Hall–Kier alpha value is -3.73. The van der Waals surface area contributed by atoms with Crippen molar-refractivity contribution in [3.63, 3.8) is 0 Å². The van der Waals surface area contributed by atoms with Crippen molar-refractivity contribution in [3.05, 3.63) is 60.2 Å². The van der Waals surface area contributed by atoms with Crippen LogP contribution in [0.4, 0.5) is 10.1 Å². The van der Waals surface area contributed by atoms with Gasteiger partial charge < -0.3 is 14.8 Å². The molecule has 0 aliphatic carbocycles. The van der Waals surface area contributed by atoms with E-state index >= 15 is 0 Å². The number of carbonyl (C=O) groups is 1. The maximum absolute atomic E-state index is 14.0. The second kappa shape index (κ2) is 9.60. The van der Waals surface area contributed by atoms with E-state index in [1.165, 1.54) is 35.9 Å². The number of methoxy groups -OCH3 is 2. The number of amides is 1. The molecule has 2 aromatic heterocycles. The van der Waals surface area contributed by atoms with Gasteiger partial charge in [-0.2, -0.15) is 0 Å². The third-order valence-electron chi connectivity index (χ3n) is 4.57. The Morgan fingerprint density at radius 2 is 2.00 bits per heavy atom. The number of benzene rings is 2. The Bertz CT molecular complexity index is 1270. The van der Waals surface area contributed by atoms with Gasteiger partial charge in [-0.1, -0.05) is 35.2 Å². The predicted molar refractivity (Wildman–Crippen MR) is 118 cm³/mol. The van der Waals surface area contributed by atoms with Crippen LogP contribution >= 0.6 is 11.8 Å². The lowest BCUT2D eigenvalue weighted by molar-refractivity contribution is -0.113. The Labute approximate surface area is 187 Å². The number of nitrogens with one attached hydrogen (secondary N) is 1. The van der Waals surface area contributed by atoms with Crippen molar-refractivity contribution in [1.29, 1.82) is 0 Å². The highest BCUT2D eigenvalue weighted by Crippen LogP contribution is 2.29. The molecule has 2 heterocycles. The van der Waals surface area contributed by atoms with Crippen LogP contribution in [0.15, 0.2) is 53.8 Å². The SMILES string of the molecule is COc1ccc(OC)c(NC(=O)CSc2ncnc3c2nnn3Cc2ccccc2F)c1. The number of nitrogens with zero attached hydrogens (tertiary/aromatic N) is 5. The maximum atomic E-state index is 14.0. The lowest BCUT2D eigenvalue weighted by Crippen LogP contribution is -2.15. The number of fused-ring (bicyclic) bond motifs is 1. The molecule has 4 aromatic rings. The molecule has 0 aliphatic rings. The minimum absolute atomic E-state index is 0.0760. The van der Waals surface area contributed by atoms with Crippen LogP contribution in [0.2, 0.25) is 0 Å². The number of ether oxygens (including phenoxy) is 2. The Kier molecular flexibility index (Phi) is 6.45. The van der Waals surface area contributed by atoms with Gasteiger partial charge in [-0.3, -0.25) is 4.79 Å². The van der Waals surface area contributed by atoms with Crippen molar-refractivity contribution in [3.8, 4) is 11.5 Å². The van der Waals surface area contributed by atoms with E-state index in [1.807, 2.05) is 0 Å². The molecule has 0 saturated heterocycles. The Morgan fingerprint density at radius 1 is 1.16 bits per heavy atom. The van der Waals surface area contributed by atoms with E-state index in [-0.39, 0.29) is 24.0 Å². The van der Waals surface area contributed by atoms with Crippen LogP contribution in [0.1, 0.15) is 5.56 Å². The number of halogens is 1. The Morgan fingerprint density at radius 3 is 2.78 bits per heavy atom. The summed E-state index contributed by atoms with van der Waals surface area (Å²) in [7, 11) is 3.07. The standard InChI is InChI=1S/C21H19FN6O3S/c1-30-14-7-8-17(31-2)16(9-14)25-18(29)11-32-21-19-20(23-12-24-21)28(27-26-19)10-13-5-3-4-6-15(13)22/h3-9,12H,10-11H2,1-2H3,(H,25,29). The number of aromatic nitrogens is 5. The molecular weight excluding hydrogens is 435 g/mol. The van der Waals surface area contributed by atoms with E-state index in [4.69, 9.17) is 9.47 Å². The molecular formula is C21H19FN6O3S. The van der Waals surface area contributed by atoms with Crippen LogP contribution in [0.3, 0.4) is 0 Å². The molecule has 164 valence electrons. The van der Waals surface area contributed by atoms with Gasteiger partial charge in [0.2, 0.25) is 5.91 Å². The molecule has 1 amide bonds. The van der Waals surface area contributed by atoms with E-state index in [1.54, 1.807) is 43.5 Å². The van der Waals surface area contributed by atoms with Crippen molar-refractivity contribution in [2.45, 2.75) is 11.6 Å². The minimum Gasteiger partial charge on any atom is -0.497 e. The van der Waals surface area contributed by atoms with E-state index in [2.05, 4.69) is 25.6 Å². The monoisotopic (exact) mass is 454 g/mol. The topological polar surface area (TPSA) is 104 Å². The summed E-state index contributed by atoms with van der Waals surface area (Å²) in [6, 6.07) is 11.6. The number of thioether (sulfide) groups is 1. The van der Waals surface area contributed by atoms with Crippen molar-refractivity contribution >= 4 is 34.5 Å². The smallest absolute Gasteiger partial charge is 0.234 e.